The molecule has 0 aliphatic heterocycles. The van der Waals surface area contributed by atoms with Crippen LogP contribution in [0.3, 0.4) is 0 Å². The Hall–Kier alpha value is -1.58. The fraction of sp³-hybridized carbons (Fsp3) is 0.476. The van der Waals surface area contributed by atoms with Gasteiger partial charge in [-0.1, -0.05) is 43.6 Å². The first-order valence-electron chi connectivity index (χ1n) is 9.15. The molecule has 1 heterocycles. The first kappa shape index (κ1) is 19.7. The van der Waals surface area contributed by atoms with Gasteiger partial charge in [-0.05, 0) is 50.5 Å². The van der Waals surface area contributed by atoms with Crippen LogP contribution in [-0.4, -0.2) is 33.9 Å². The van der Waals surface area contributed by atoms with E-state index in [1.54, 1.807) is 0 Å². The molecule has 0 aliphatic carbocycles. The van der Waals surface area contributed by atoms with Crippen molar-refractivity contribution in [2.24, 2.45) is 0 Å². The molecule has 0 radical (unpaired) electrons. The molecule has 0 bridgehead atoms. The van der Waals surface area contributed by atoms with Crippen LogP contribution >= 0.6 is 11.6 Å². The van der Waals surface area contributed by atoms with E-state index in [9.17, 15) is 4.79 Å². The van der Waals surface area contributed by atoms with Gasteiger partial charge in [-0.15, -0.1) is 0 Å². The van der Waals surface area contributed by atoms with Crippen LogP contribution in [0.25, 0.3) is 0 Å². The number of hydrogen-bond donors (Lipinski definition) is 0. The number of carbonyl (C=O) groups is 1. The van der Waals surface area contributed by atoms with E-state index in [1.165, 1.54) is 0 Å². The number of aromatic nitrogens is 1. The van der Waals surface area contributed by atoms with Crippen LogP contribution in [0.5, 0.6) is 0 Å². The summed E-state index contributed by atoms with van der Waals surface area (Å²) >= 11 is 6.27. The number of halogens is 1. The molecule has 1 aromatic heterocycles. The largest absolute Gasteiger partial charge is 0.341 e. The molecule has 0 N–H and O–H groups in total. The molecule has 0 aliphatic rings. The van der Waals surface area contributed by atoms with Crippen molar-refractivity contribution in [3.63, 3.8) is 0 Å². The molecule has 2 rings (SSSR count). The van der Waals surface area contributed by atoms with Crippen LogP contribution in [0.4, 0.5) is 0 Å². The van der Waals surface area contributed by atoms with Gasteiger partial charge in [-0.2, -0.15) is 0 Å². The summed E-state index contributed by atoms with van der Waals surface area (Å²) < 4.78 is 1.99. The maximum atomic E-state index is 13.0. The fourth-order valence-electron chi connectivity index (χ4n) is 3.08. The van der Waals surface area contributed by atoms with Crippen molar-refractivity contribution in [2.45, 2.75) is 59.2 Å². The minimum Gasteiger partial charge on any atom is -0.341 e. The average Bonchev–Trinajstić information content (AvgIpc) is 3.08. The average molecular weight is 361 g/mol. The van der Waals surface area contributed by atoms with E-state index in [0.29, 0.717) is 25.2 Å². The zero-order chi connectivity index (χ0) is 18.4. The minimum absolute atomic E-state index is 0.164. The lowest BCUT2D eigenvalue weighted by atomic mass is 10.1. The van der Waals surface area contributed by atoms with Crippen LogP contribution in [0.2, 0.25) is 5.02 Å². The molecule has 1 aromatic carbocycles. The van der Waals surface area contributed by atoms with Gasteiger partial charge in [-0.3, -0.25) is 9.69 Å². The topological polar surface area (TPSA) is 25.2 Å². The molecule has 0 unspecified atom stereocenters. The van der Waals surface area contributed by atoms with Crippen molar-refractivity contribution < 1.29 is 4.79 Å². The van der Waals surface area contributed by atoms with E-state index >= 15 is 0 Å². The monoisotopic (exact) mass is 360 g/mol. The highest BCUT2D eigenvalue weighted by Gasteiger charge is 2.22. The number of carbonyl (C=O) groups excluding carboxylic acids is 1. The molecule has 25 heavy (non-hydrogen) atoms. The zero-order valence-corrected chi connectivity index (χ0v) is 16.5. The summed E-state index contributed by atoms with van der Waals surface area (Å²) in [5.74, 6) is 0.164. The summed E-state index contributed by atoms with van der Waals surface area (Å²) in [7, 11) is 0. The molecule has 0 spiro atoms. The SMILES string of the molecule is CC[C@H](C)N(CC(=O)c1cccn1Cc1ccccc1Cl)[C@@H](C)CC. The van der Waals surface area contributed by atoms with E-state index in [1.807, 2.05) is 47.2 Å². The second-order valence-electron chi connectivity index (χ2n) is 6.72. The Labute approximate surface area is 156 Å². The molecular weight excluding hydrogens is 332 g/mol. The van der Waals surface area contributed by atoms with Crippen molar-refractivity contribution >= 4 is 17.4 Å². The standard InChI is InChI=1S/C21H29ClN2O/c1-5-16(3)24(17(4)6-2)15-21(25)20-12-9-13-23(20)14-18-10-7-8-11-19(18)22/h7-13,16-17H,5-6,14-15H2,1-4H3/t16-,17-/m0/s1. The van der Waals surface area contributed by atoms with Crippen LogP contribution in [-0.2, 0) is 6.54 Å². The zero-order valence-electron chi connectivity index (χ0n) is 15.7. The van der Waals surface area contributed by atoms with Crippen molar-refractivity contribution in [1.29, 1.82) is 0 Å². The van der Waals surface area contributed by atoms with Gasteiger partial charge in [0, 0.05) is 29.8 Å². The Kier molecular flexibility index (Phi) is 7.27. The summed E-state index contributed by atoms with van der Waals surface area (Å²) in [6.45, 7) is 9.80. The highest BCUT2D eigenvalue weighted by atomic mass is 35.5. The molecule has 0 amide bonds. The summed E-state index contributed by atoms with van der Waals surface area (Å²) in [5, 5.41) is 0.732. The molecule has 4 heteroatoms. The van der Waals surface area contributed by atoms with E-state index in [-0.39, 0.29) is 5.78 Å². The third kappa shape index (κ3) is 4.96. The molecule has 0 saturated heterocycles. The number of nitrogens with zero attached hydrogens (tertiary/aromatic N) is 2. The smallest absolute Gasteiger partial charge is 0.193 e. The van der Waals surface area contributed by atoms with E-state index < -0.39 is 0 Å². The highest BCUT2D eigenvalue weighted by Crippen LogP contribution is 2.19. The summed E-state index contributed by atoms with van der Waals surface area (Å²) in [6, 6.07) is 12.4. The van der Waals surface area contributed by atoms with Gasteiger partial charge in [0.15, 0.2) is 5.78 Å². The molecule has 0 fully saturated rings. The van der Waals surface area contributed by atoms with Crippen molar-refractivity contribution in [3.8, 4) is 0 Å². The second kappa shape index (κ2) is 9.21. The second-order valence-corrected chi connectivity index (χ2v) is 7.13. The van der Waals surface area contributed by atoms with Gasteiger partial charge in [0.05, 0.1) is 12.2 Å². The van der Waals surface area contributed by atoms with Gasteiger partial charge in [0.25, 0.3) is 0 Å². The fourth-order valence-corrected chi connectivity index (χ4v) is 3.27. The third-order valence-corrected chi connectivity index (χ3v) is 5.42. The minimum atomic E-state index is 0.164. The van der Waals surface area contributed by atoms with Gasteiger partial charge < -0.3 is 4.57 Å². The predicted octanol–water partition coefficient (Wildman–Crippen LogP) is 5.27. The number of rotatable bonds is 9. The van der Waals surface area contributed by atoms with Crippen LogP contribution in [0.15, 0.2) is 42.6 Å². The molecule has 3 nitrogen and oxygen atoms in total. The Bertz CT molecular complexity index is 685. The van der Waals surface area contributed by atoms with Crippen molar-refractivity contribution in [3.05, 3.63) is 58.9 Å². The normalized spacial score (nSPS) is 13.8. The van der Waals surface area contributed by atoms with E-state index in [4.69, 9.17) is 11.6 Å². The van der Waals surface area contributed by atoms with Gasteiger partial charge in [0.2, 0.25) is 0 Å². The Morgan fingerprint density at radius 1 is 1.08 bits per heavy atom. The molecule has 136 valence electrons. The number of ketones is 1. The van der Waals surface area contributed by atoms with E-state index in [2.05, 4.69) is 32.6 Å². The maximum absolute atomic E-state index is 13.0. The highest BCUT2D eigenvalue weighted by molar-refractivity contribution is 6.31. The van der Waals surface area contributed by atoms with Crippen LogP contribution in [0, 0.1) is 0 Å². The molecule has 2 atom stereocenters. The predicted molar refractivity (Wildman–Crippen MR) is 106 cm³/mol. The maximum Gasteiger partial charge on any atom is 0.193 e. The quantitative estimate of drug-likeness (QED) is 0.569. The number of benzene rings is 1. The van der Waals surface area contributed by atoms with Crippen molar-refractivity contribution in [2.75, 3.05) is 6.54 Å². The lowest BCUT2D eigenvalue weighted by Gasteiger charge is -2.33. The van der Waals surface area contributed by atoms with Crippen molar-refractivity contribution in [1.82, 2.24) is 9.47 Å². The van der Waals surface area contributed by atoms with E-state index in [0.717, 1.165) is 29.1 Å². The Morgan fingerprint density at radius 3 is 2.32 bits per heavy atom. The van der Waals surface area contributed by atoms with Gasteiger partial charge in [-0.25, -0.2) is 0 Å². The molecule has 2 aromatic rings. The Balaban J connectivity index is 2.17. The third-order valence-electron chi connectivity index (χ3n) is 5.05. The first-order chi connectivity index (χ1) is 12.0. The molecular formula is C21H29ClN2O. The summed E-state index contributed by atoms with van der Waals surface area (Å²) in [5.41, 5.74) is 1.77. The lowest BCUT2D eigenvalue weighted by Crippen LogP contribution is -2.43. The summed E-state index contributed by atoms with van der Waals surface area (Å²) in [4.78, 5) is 15.3. The van der Waals surface area contributed by atoms with Crippen LogP contribution < -0.4 is 0 Å². The van der Waals surface area contributed by atoms with Gasteiger partial charge in [0.1, 0.15) is 0 Å². The van der Waals surface area contributed by atoms with Gasteiger partial charge >= 0.3 is 0 Å². The lowest BCUT2D eigenvalue weighted by molar-refractivity contribution is 0.0823. The number of hydrogen-bond acceptors (Lipinski definition) is 2. The summed E-state index contributed by atoms with van der Waals surface area (Å²) in [6.07, 6.45) is 4.03. The number of Topliss-reactive ketones (excluding diaryl/α,β-unsaturated/α-hetero) is 1. The van der Waals surface area contributed by atoms with Crippen LogP contribution in [0.1, 0.15) is 56.6 Å². The molecule has 0 saturated carbocycles. The Morgan fingerprint density at radius 2 is 1.72 bits per heavy atom. The first-order valence-corrected chi connectivity index (χ1v) is 9.53.